The fourth-order valence-electron chi connectivity index (χ4n) is 2.96. The first-order valence-corrected chi connectivity index (χ1v) is 9.44. The highest BCUT2D eigenvalue weighted by Crippen LogP contribution is 2.19. The standard InChI is InChI=1S/C26H20N2O/c29-26(28-25-9-5-2-6-10-25)23-15-17-24(18-16-23)27-19-20-11-13-22(14-12-20)21-7-3-1-4-8-21/h1-19H,(H,28,29). The molecule has 4 rings (SSSR count). The average Bonchev–Trinajstić information content (AvgIpc) is 2.80. The third-order valence-corrected chi connectivity index (χ3v) is 4.54. The van der Waals surface area contributed by atoms with Crippen LogP contribution in [-0.2, 0) is 0 Å². The predicted molar refractivity (Wildman–Crippen MR) is 120 cm³/mol. The maximum atomic E-state index is 12.3. The lowest BCUT2D eigenvalue weighted by molar-refractivity contribution is 0.102. The minimum atomic E-state index is -0.136. The number of nitrogens with zero attached hydrogens (tertiary/aromatic N) is 1. The monoisotopic (exact) mass is 376 g/mol. The van der Waals surface area contributed by atoms with E-state index >= 15 is 0 Å². The molecule has 0 saturated heterocycles. The molecule has 0 aliphatic carbocycles. The molecule has 4 aromatic carbocycles. The summed E-state index contributed by atoms with van der Waals surface area (Å²) in [5.41, 5.74) is 5.57. The molecule has 0 radical (unpaired) electrons. The van der Waals surface area contributed by atoms with Gasteiger partial charge in [-0.25, -0.2) is 0 Å². The van der Waals surface area contributed by atoms with E-state index in [1.807, 2.05) is 79.0 Å². The van der Waals surface area contributed by atoms with Crippen molar-refractivity contribution in [2.75, 3.05) is 5.32 Å². The van der Waals surface area contributed by atoms with Gasteiger partial charge in [0.15, 0.2) is 0 Å². The zero-order valence-corrected chi connectivity index (χ0v) is 15.8. The van der Waals surface area contributed by atoms with Crippen LogP contribution >= 0.6 is 0 Å². The molecule has 4 aromatic rings. The Kier molecular flexibility index (Phi) is 5.58. The molecule has 0 bridgehead atoms. The smallest absolute Gasteiger partial charge is 0.255 e. The molecular formula is C26H20N2O. The second-order valence-corrected chi connectivity index (χ2v) is 6.61. The van der Waals surface area contributed by atoms with Crippen LogP contribution in [-0.4, -0.2) is 12.1 Å². The first-order chi connectivity index (χ1) is 14.3. The number of aliphatic imine (C=N–C) groups is 1. The number of benzene rings is 4. The fraction of sp³-hybridized carbons (Fsp3) is 0. The van der Waals surface area contributed by atoms with Crippen LogP contribution in [0.5, 0.6) is 0 Å². The van der Waals surface area contributed by atoms with Gasteiger partial charge in [-0.1, -0.05) is 72.8 Å². The van der Waals surface area contributed by atoms with Crippen LogP contribution in [0.1, 0.15) is 15.9 Å². The molecule has 3 nitrogen and oxygen atoms in total. The Labute approximate surface area is 170 Å². The van der Waals surface area contributed by atoms with Crippen LogP contribution in [0.3, 0.4) is 0 Å². The van der Waals surface area contributed by atoms with E-state index in [9.17, 15) is 4.79 Å². The molecule has 1 N–H and O–H groups in total. The quantitative estimate of drug-likeness (QED) is 0.405. The Hall–Kier alpha value is -3.98. The Balaban J connectivity index is 1.40. The largest absolute Gasteiger partial charge is 0.322 e. The van der Waals surface area contributed by atoms with Crippen LogP contribution in [0, 0.1) is 0 Å². The second kappa shape index (κ2) is 8.81. The minimum absolute atomic E-state index is 0.136. The van der Waals surface area contributed by atoms with Crippen molar-refractivity contribution in [1.82, 2.24) is 0 Å². The van der Waals surface area contributed by atoms with Crippen molar-refractivity contribution in [3.05, 3.63) is 120 Å². The number of rotatable bonds is 5. The van der Waals surface area contributed by atoms with Crippen molar-refractivity contribution in [3.8, 4) is 11.1 Å². The molecule has 0 atom stereocenters. The molecule has 3 heteroatoms. The van der Waals surface area contributed by atoms with E-state index in [4.69, 9.17) is 0 Å². The third kappa shape index (κ3) is 4.85. The summed E-state index contributed by atoms with van der Waals surface area (Å²) in [6, 6.07) is 35.2. The maximum Gasteiger partial charge on any atom is 0.255 e. The Morgan fingerprint density at radius 2 is 1.24 bits per heavy atom. The van der Waals surface area contributed by atoms with E-state index in [0.717, 1.165) is 16.9 Å². The number of nitrogens with one attached hydrogen (secondary N) is 1. The SMILES string of the molecule is O=C(Nc1ccccc1)c1ccc(N=Cc2ccc(-c3ccccc3)cc2)cc1. The minimum Gasteiger partial charge on any atom is -0.322 e. The van der Waals surface area contributed by atoms with Crippen molar-refractivity contribution >= 4 is 23.5 Å². The molecule has 0 saturated carbocycles. The van der Waals surface area contributed by atoms with Crippen molar-refractivity contribution < 1.29 is 4.79 Å². The zero-order valence-electron chi connectivity index (χ0n) is 15.8. The molecule has 0 spiro atoms. The summed E-state index contributed by atoms with van der Waals surface area (Å²) in [6.07, 6.45) is 1.83. The van der Waals surface area contributed by atoms with E-state index in [-0.39, 0.29) is 5.91 Å². The number of carbonyl (C=O) groups is 1. The predicted octanol–water partition coefficient (Wildman–Crippen LogP) is 6.36. The molecule has 0 aliphatic rings. The molecule has 1 amide bonds. The average molecular weight is 376 g/mol. The number of hydrogen-bond acceptors (Lipinski definition) is 2. The topological polar surface area (TPSA) is 41.5 Å². The molecule has 0 aliphatic heterocycles. The Morgan fingerprint density at radius 1 is 0.655 bits per heavy atom. The number of carbonyl (C=O) groups excluding carboxylic acids is 1. The molecular weight excluding hydrogens is 356 g/mol. The van der Waals surface area contributed by atoms with Crippen LogP contribution in [0.25, 0.3) is 11.1 Å². The van der Waals surface area contributed by atoms with Gasteiger partial charge in [0.1, 0.15) is 0 Å². The van der Waals surface area contributed by atoms with Gasteiger partial charge in [0.05, 0.1) is 5.69 Å². The van der Waals surface area contributed by atoms with Crippen molar-refractivity contribution in [2.45, 2.75) is 0 Å². The van der Waals surface area contributed by atoms with Gasteiger partial charge in [-0.15, -0.1) is 0 Å². The molecule has 0 fully saturated rings. The number of hydrogen-bond donors (Lipinski definition) is 1. The first-order valence-electron chi connectivity index (χ1n) is 9.44. The highest BCUT2D eigenvalue weighted by Gasteiger charge is 2.05. The van der Waals surface area contributed by atoms with Gasteiger partial charge in [-0.05, 0) is 53.1 Å². The highest BCUT2D eigenvalue weighted by atomic mass is 16.1. The summed E-state index contributed by atoms with van der Waals surface area (Å²) in [4.78, 5) is 16.8. The van der Waals surface area contributed by atoms with E-state index in [1.54, 1.807) is 12.1 Å². The van der Waals surface area contributed by atoms with E-state index < -0.39 is 0 Å². The van der Waals surface area contributed by atoms with E-state index in [1.165, 1.54) is 11.1 Å². The van der Waals surface area contributed by atoms with Gasteiger partial charge in [-0.3, -0.25) is 9.79 Å². The summed E-state index contributed by atoms with van der Waals surface area (Å²) in [7, 11) is 0. The Morgan fingerprint density at radius 3 is 1.90 bits per heavy atom. The summed E-state index contributed by atoms with van der Waals surface area (Å²) in [6.45, 7) is 0. The van der Waals surface area contributed by atoms with Crippen LogP contribution in [0.15, 0.2) is 114 Å². The lowest BCUT2D eigenvalue weighted by atomic mass is 10.0. The van der Waals surface area contributed by atoms with Gasteiger partial charge in [0, 0.05) is 17.5 Å². The third-order valence-electron chi connectivity index (χ3n) is 4.54. The summed E-state index contributed by atoms with van der Waals surface area (Å²) in [5.74, 6) is -0.136. The maximum absolute atomic E-state index is 12.3. The molecule has 0 aromatic heterocycles. The number of amides is 1. The van der Waals surface area contributed by atoms with Crippen LogP contribution in [0.2, 0.25) is 0 Å². The van der Waals surface area contributed by atoms with Gasteiger partial charge in [0.25, 0.3) is 5.91 Å². The van der Waals surface area contributed by atoms with Gasteiger partial charge in [0.2, 0.25) is 0 Å². The van der Waals surface area contributed by atoms with Gasteiger partial charge in [-0.2, -0.15) is 0 Å². The second-order valence-electron chi connectivity index (χ2n) is 6.61. The van der Waals surface area contributed by atoms with Gasteiger partial charge < -0.3 is 5.32 Å². The van der Waals surface area contributed by atoms with Gasteiger partial charge >= 0.3 is 0 Å². The number of para-hydroxylation sites is 1. The molecule has 0 unspecified atom stereocenters. The first kappa shape index (κ1) is 18.4. The zero-order chi connectivity index (χ0) is 19.9. The summed E-state index contributed by atoms with van der Waals surface area (Å²) in [5, 5.41) is 2.88. The van der Waals surface area contributed by atoms with E-state index in [2.05, 4.69) is 34.6 Å². The fourth-order valence-corrected chi connectivity index (χ4v) is 2.96. The molecule has 0 heterocycles. The Bertz CT molecular complexity index is 1100. The van der Waals surface area contributed by atoms with Crippen molar-refractivity contribution in [1.29, 1.82) is 0 Å². The van der Waals surface area contributed by atoms with E-state index in [0.29, 0.717) is 5.56 Å². The number of anilines is 1. The van der Waals surface area contributed by atoms with Crippen LogP contribution in [0.4, 0.5) is 11.4 Å². The van der Waals surface area contributed by atoms with Crippen molar-refractivity contribution in [2.24, 2.45) is 4.99 Å². The van der Waals surface area contributed by atoms with Crippen molar-refractivity contribution in [3.63, 3.8) is 0 Å². The summed E-state index contributed by atoms with van der Waals surface area (Å²) < 4.78 is 0. The normalized spacial score (nSPS) is 10.8. The molecule has 140 valence electrons. The summed E-state index contributed by atoms with van der Waals surface area (Å²) >= 11 is 0. The molecule has 29 heavy (non-hydrogen) atoms. The lowest BCUT2D eigenvalue weighted by Gasteiger charge is -2.05. The van der Waals surface area contributed by atoms with Crippen LogP contribution < -0.4 is 5.32 Å². The highest BCUT2D eigenvalue weighted by molar-refractivity contribution is 6.04. The lowest BCUT2D eigenvalue weighted by Crippen LogP contribution is -2.11.